The summed E-state index contributed by atoms with van der Waals surface area (Å²) in [5, 5.41) is 0. The molecular weight excluding hydrogens is 185 g/mol. The first-order valence-corrected chi connectivity index (χ1v) is 4.66. The van der Waals surface area contributed by atoms with Gasteiger partial charge in [0.15, 0.2) is 0 Å². The van der Waals surface area contributed by atoms with Gasteiger partial charge in [0.05, 0.1) is 5.75 Å². The minimum Gasteiger partial charge on any atom is -0.330 e. The Labute approximate surface area is 65.4 Å². The Morgan fingerprint density at radius 3 is 2.00 bits per heavy atom. The molecule has 0 fully saturated rings. The topological polar surface area (TPSA) is 60.2 Å². The Morgan fingerprint density at radius 2 is 1.89 bits per heavy atom. The van der Waals surface area contributed by atoms with Gasteiger partial charge in [0.1, 0.15) is 0 Å². The van der Waals surface area contributed by atoms with E-state index < -0.39 is 9.05 Å². The van der Waals surface area contributed by atoms with E-state index in [9.17, 15) is 8.42 Å². The van der Waals surface area contributed by atoms with Gasteiger partial charge in [0, 0.05) is 10.7 Å². The van der Waals surface area contributed by atoms with E-state index in [2.05, 4.69) is 0 Å². The average Bonchev–Trinajstić information content (AvgIpc) is 1.59. The van der Waals surface area contributed by atoms with Gasteiger partial charge in [-0.1, -0.05) is 0 Å². The molecule has 0 aliphatic heterocycles. The smallest absolute Gasteiger partial charge is 0.232 e. The fourth-order valence-electron chi connectivity index (χ4n) is 0.256. The summed E-state index contributed by atoms with van der Waals surface area (Å²) < 4.78 is 20.2. The van der Waals surface area contributed by atoms with E-state index in [0.29, 0.717) is 13.0 Å². The quantitative estimate of drug-likeness (QED) is 0.658. The van der Waals surface area contributed by atoms with Crippen LogP contribution in [0.3, 0.4) is 0 Å². The molecule has 0 saturated carbocycles. The summed E-state index contributed by atoms with van der Waals surface area (Å²) in [5.41, 5.74) is 5.01. The molecule has 0 saturated heterocycles. The molecule has 0 rings (SSSR count). The van der Waals surface area contributed by atoms with E-state index in [1.165, 1.54) is 0 Å². The first-order valence-electron chi connectivity index (χ1n) is 2.18. The monoisotopic (exact) mass is 193 g/mol. The summed E-state index contributed by atoms with van der Waals surface area (Å²) >= 11 is 0. The van der Waals surface area contributed by atoms with Crippen molar-refractivity contribution in [2.24, 2.45) is 5.73 Å². The van der Waals surface area contributed by atoms with Gasteiger partial charge in [-0.15, -0.1) is 12.4 Å². The molecule has 0 aliphatic carbocycles. The van der Waals surface area contributed by atoms with Crippen LogP contribution in [-0.4, -0.2) is 20.7 Å². The van der Waals surface area contributed by atoms with Crippen LogP contribution in [-0.2, 0) is 9.05 Å². The molecule has 0 aliphatic rings. The van der Waals surface area contributed by atoms with E-state index >= 15 is 0 Å². The summed E-state index contributed by atoms with van der Waals surface area (Å²) in [4.78, 5) is 0. The van der Waals surface area contributed by atoms with Crippen LogP contribution in [0.25, 0.3) is 0 Å². The molecule has 3 nitrogen and oxygen atoms in total. The van der Waals surface area contributed by atoms with Crippen molar-refractivity contribution in [3.63, 3.8) is 0 Å². The molecule has 0 bridgehead atoms. The number of nitrogens with two attached hydrogens (primary N) is 1. The maximum absolute atomic E-state index is 10.1. The maximum atomic E-state index is 10.1. The molecular formula is C3H9Cl2NO2S. The molecule has 0 radical (unpaired) electrons. The van der Waals surface area contributed by atoms with Gasteiger partial charge in [0.2, 0.25) is 9.05 Å². The molecule has 0 spiro atoms. The van der Waals surface area contributed by atoms with Crippen molar-refractivity contribution in [2.75, 3.05) is 12.3 Å². The number of hydrogen-bond acceptors (Lipinski definition) is 3. The minimum atomic E-state index is -3.29. The molecule has 58 valence electrons. The molecule has 0 heterocycles. The van der Waals surface area contributed by atoms with Crippen LogP contribution in [0.1, 0.15) is 6.42 Å². The normalized spacial score (nSPS) is 10.4. The second-order valence-electron chi connectivity index (χ2n) is 1.39. The van der Waals surface area contributed by atoms with Crippen molar-refractivity contribution >= 4 is 32.1 Å². The summed E-state index contributed by atoms with van der Waals surface area (Å²) in [6.45, 7) is 0.367. The van der Waals surface area contributed by atoms with Crippen LogP contribution in [0.15, 0.2) is 0 Å². The molecule has 0 unspecified atom stereocenters. The van der Waals surface area contributed by atoms with Gasteiger partial charge >= 0.3 is 0 Å². The summed E-state index contributed by atoms with van der Waals surface area (Å²) in [5.74, 6) is -0.0228. The minimum absolute atomic E-state index is 0. The molecule has 0 aromatic carbocycles. The van der Waals surface area contributed by atoms with Crippen molar-refractivity contribution in [1.29, 1.82) is 0 Å². The first-order chi connectivity index (χ1) is 3.56. The third-order valence-electron chi connectivity index (χ3n) is 0.592. The maximum Gasteiger partial charge on any atom is 0.232 e. The van der Waals surface area contributed by atoms with E-state index in [1.807, 2.05) is 0 Å². The SMILES string of the molecule is Cl.NCCCS(=O)(=O)Cl. The van der Waals surface area contributed by atoms with Crippen molar-refractivity contribution in [2.45, 2.75) is 6.42 Å². The Kier molecular flexibility index (Phi) is 7.16. The Balaban J connectivity index is 0. The second-order valence-corrected chi connectivity index (χ2v) is 4.28. The average molecular weight is 194 g/mol. The van der Waals surface area contributed by atoms with Crippen LogP contribution < -0.4 is 5.73 Å². The van der Waals surface area contributed by atoms with Crippen LogP contribution in [0.5, 0.6) is 0 Å². The summed E-state index contributed by atoms with van der Waals surface area (Å²) in [7, 11) is 1.53. The molecule has 9 heavy (non-hydrogen) atoms. The molecule has 6 heteroatoms. The van der Waals surface area contributed by atoms with Crippen molar-refractivity contribution in [3.8, 4) is 0 Å². The lowest BCUT2D eigenvalue weighted by molar-refractivity contribution is 0.607. The zero-order valence-electron chi connectivity index (χ0n) is 4.71. The standard InChI is InChI=1S/C3H8ClNO2S.ClH/c4-8(6,7)3-1-2-5;/h1-3,5H2;1H. The van der Waals surface area contributed by atoms with Gasteiger partial charge in [-0.2, -0.15) is 0 Å². The van der Waals surface area contributed by atoms with Gasteiger partial charge < -0.3 is 5.73 Å². The van der Waals surface area contributed by atoms with Crippen LogP contribution >= 0.6 is 23.1 Å². The van der Waals surface area contributed by atoms with Crippen molar-refractivity contribution < 1.29 is 8.42 Å². The largest absolute Gasteiger partial charge is 0.330 e. The lowest BCUT2D eigenvalue weighted by Gasteiger charge is -1.89. The highest BCUT2D eigenvalue weighted by Crippen LogP contribution is 1.96. The highest BCUT2D eigenvalue weighted by Gasteiger charge is 2.01. The fourth-order valence-corrected chi connectivity index (χ4v) is 1.09. The molecule has 2 N–H and O–H groups in total. The van der Waals surface area contributed by atoms with Crippen LogP contribution in [0, 0.1) is 0 Å². The lowest BCUT2D eigenvalue weighted by atomic mass is 10.5. The van der Waals surface area contributed by atoms with E-state index in [-0.39, 0.29) is 18.2 Å². The van der Waals surface area contributed by atoms with Gasteiger partial charge in [-0.05, 0) is 13.0 Å². The number of halogens is 2. The molecule has 0 atom stereocenters. The van der Waals surface area contributed by atoms with E-state index in [1.54, 1.807) is 0 Å². The molecule has 0 aromatic heterocycles. The van der Waals surface area contributed by atoms with Crippen molar-refractivity contribution in [3.05, 3.63) is 0 Å². The third-order valence-corrected chi connectivity index (χ3v) is 1.83. The first kappa shape index (κ1) is 12.2. The zero-order valence-corrected chi connectivity index (χ0v) is 7.10. The Morgan fingerprint density at radius 1 is 1.44 bits per heavy atom. The summed E-state index contributed by atoms with van der Waals surface area (Å²) in [6, 6.07) is 0. The molecule has 0 aromatic rings. The van der Waals surface area contributed by atoms with Crippen molar-refractivity contribution in [1.82, 2.24) is 0 Å². The predicted octanol–water partition coefficient (Wildman–Crippen LogP) is 0.326. The Hall–Kier alpha value is 0.490. The number of hydrogen-bond donors (Lipinski definition) is 1. The number of rotatable bonds is 3. The predicted molar refractivity (Wildman–Crippen MR) is 40.6 cm³/mol. The highest BCUT2D eigenvalue weighted by atomic mass is 35.7. The third kappa shape index (κ3) is 11.9. The fraction of sp³-hybridized carbons (Fsp3) is 1.00. The van der Waals surface area contributed by atoms with Gasteiger partial charge in [-0.25, -0.2) is 8.42 Å². The van der Waals surface area contributed by atoms with Crippen LogP contribution in [0.4, 0.5) is 0 Å². The summed E-state index contributed by atoms with van der Waals surface area (Å²) in [6.07, 6.45) is 0.436. The Bertz CT molecular complexity index is 144. The second kappa shape index (κ2) is 5.29. The van der Waals surface area contributed by atoms with Gasteiger partial charge in [-0.3, -0.25) is 0 Å². The van der Waals surface area contributed by atoms with E-state index in [0.717, 1.165) is 0 Å². The molecule has 0 amide bonds. The highest BCUT2D eigenvalue weighted by molar-refractivity contribution is 8.13. The zero-order chi connectivity index (χ0) is 6.62. The van der Waals surface area contributed by atoms with E-state index in [4.69, 9.17) is 16.4 Å². The van der Waals surface area contributed by atoms with Gasteiger partial charge in [0.25, 0.3) is 0 Å². The lowest BCUT2D eigenvalue weighted by Crippen LogP contribution is -2.05. The van der Waals surface area contributed by atoms with Crippen LogP contribution in [0.2, 0.25) is 0 Å².